The summed E-state index contributed by atoms with van der Waals surface area (Å²) < 4.78 is 5.26. The number of nitrogens with zero attached hydrogens (tertiary/aromatic N) is 1. The van der Waals surface area contributed by atoms with Crippen molar-refractivity contribution in [3.05, 3.63) is 23.7 Å². The van der Waals surface area contributed by atoms with Crippen molar-refractivity contribution in [3.63, 3.8) is 0 Å². The van der Waals surface area contributed by atoms with Crippen molar-refractivity contribution in [2.45, 2.75) is 38.5 Å². The van der Waals surface area contributed by atoms with Gasteiger partial charge in [0.05, 0.1) is 12.4 Å². The van der Waals surface area contributed by atoms with E-state index in [1.54, 1.807) is 6.26 Å². The normalized spacial score (nSPS) is 17.6. The highest BCUT2D eigenvalue weighted by atomic mass is 16.3. The lowest BCUT2D eigenvalue weighted by molar-refractivity contribution is 0.120. The molecule has 0 spiro atoms. The number of rotatable bonds is 7. The molecule has 1 aliphatic carbocycles. The second-order valence-electron chi connectivity index (χ2n) is 5.04. The minimum Gasteiger partial charge on any atom is -0.469 e. The summed E-state index contributed by atoms with van der Waals surface area (Å²) in [4.78, 5) is 2.12. The molecule has 4 heteroatoms. The van der Waals surface area contributed by atoms with E-state index in [4.69, 9.17) is 4.42 Å². The Morgan fingerprint density at radius 1 is 1.59 bits per heavy atom. The van der Waals surface area contributed by atoms with Crippen LogP contribution in [-0.2, 0) is 6.54 Å². The number of furan rings is 1. The Labute approximate surface area is 103 Å². The zero-order valence-electron chi connectivity index (χ0n) is 10.6. The van der Waals surface area contributed by atoms with Crippen molar-refractivity contribution in [2.75, 3.05) is 20.1 Å². The van der Waals surface area contributed by atoms with E-state index in [0.717, 1.165) is 12.3 Å². The molecule has 1 aromatic heterocycles. The molecule has 1 unspecified atom stereocenters. The summed E-state index contributed by atoms with van der Waals surface area (Å²) in [6.07, 6.45) is 3.93. The molecule has 2 N–H and O–H groups in total. The number of aliphatic hydroxyl groups is 1. The lowest BCUT2D eigenvalue weighted by Gasteiger charge is -2.20. The second kappa shape index (κ2) is 5.67. The molecule has 1 saturated carbocycles. The predicted octanol–water partition coefficient (Wildman–Crippen LogP) is 1.13. The van der Waals surface area contributed by atoms with Crippen molar-refractivity contribution in [3.8, 4) is 0 Å². The average molecular weight is 238 g/mol. The number of aryl methyl sites for hydroxylation is 1. The van der Waals surface area contributed by atoms with Gasteiger partial charge in [-0.15, -0.1) is 0 Å². The number of likely N-dealkylation sites (N-methyl/N-ethyl adjacent to an activating group) is 1. The number of nitrogens with one attached hydrogen (secondary N) is 1. The highest BCUT2D eigenvalue weighted by Gasteiger charge is 2.21. The number of hydrogen-bond acceptors (Lipinski definition) is 4. The molecule has 0 bridgehead atoms. The highest BCUT2D eigenvalue weighted by Crippen LogP contribution is 2.18. The first-order valence-corrected chi connectivity index (χ1v) is 6.28. The molecule has 1 fully saturated rings. The summed E-state index contributed by atoms with van der Waals surface area (Å²) in [5, 5.41) is 13.2. The van der Waals surface area contributed by atoms with Gasteiger partial charge in [0, 0.05) is 31.2 Å². The molecular formula is C13H22N2O2. The van der Waals surface area contributed by atoms with Crippen LogP contribution in [0.2, 0.25) is 0 Å². The van der Waals surface area contributed by atoms with Crippen LogP contribution in [0.4, 0.5) is 0 Å². The van der Waals surface area contributed by atoms with E-state index in [1.165, 1.54) is 18.4 Å². The zero-order valence-corrected chi connectivity index (χ0v) is 10.6. The second-order valence-corrected chi connectivity index (χ2v) is 5.04. The quantitative estimate of drug-likeness (QED) is 0.747. The molecule has 0 radical (unpaired) electrons. The first kappa shape index (κ1) is 12.6. The largest absolute Gasteiger partial charge is 0.469 e. The zero-order chi connectivity index (χ0) is 12.3. The third kappa shape index (κ3) is 4.15. The van der Waals surface area contributed by atoms with Gasteiger partial charge < -0.3 is 14.8 Å². The van der Waals surface area contributed by atoms with Gasteiger partial charge in [0.1, 0.15) is 5.76 Å². The fourth-order valence-corrected chi connectivity index (χ4v) is 1.95. The summed E-state index contributed by atoms with van der Waals surface area (Å²) in [5.74, 6) is 0.961. The minimum atomic E-state index is -0.298. The standard InChI is InChI=1S/C13H22N2O2/c1-10-11(5-6-17-10)8-15(2)9-13(16)7-14-12-3-4-12/h5-6,12-14,16H,3-4,7-9H2,1-2H3. The van der Waals surface area contributed by atoms with Crippen LogP contribution < -0.4 is 5.32 Å². The van der Waals surface area contributed by atoms with Gasteiger partial charge in [0.2, 0.25) is 0 Å². The van der Waals surface area contributed by atoms with Gasteiger partial charge in [-0.05, 0) is 32.9 Å². The Morgan fingerprint density at radius 3 is 2.94 bits per heavy atom. The van der Waals surface area contributed by atoms with Crippen molar-refractivity contribution in [1.82, 2.24) is 10.2 Å². The maximum Gasteiger partial charge on any atom is 0.105 e. The van der Waals surface area contributed by atoms with Crippen molar-refractivity contribution < 1.29 is 9.52 Å². The SMILES string of the molecule is Cc1occc1CN(C)CC(O)CNC1CC1. The summed E-state index contributed by atoms with van der Waals surface area (Å²) in [6, 6.07) is 2.65. The predicted molar refractivity (Wildman–Crippen MR) is 66.8 cm³/mol. The van der Waals surface area contributed by atoms with Crippen molar-refractivity contribution in [1.29, 1.82) is 0 Å². The molecule has 1 heterocycles. The topological polar surface area (TPSA) is 48.6 Å². The molecule has 1 atom stereocenters. The summed E-state index contributed by atoms with van der Waals surface area (Å²) in [5.41, 5.74) is 1.19. The van der Waals surface area contributed by atoms with Gasteiger partial charge in [0.25, 0.3) is 0 Å². The van der Waals surface area contributed by atoms with Gasteiger partial charge in [-0.25, -0.2) is 0 Å². The monoisotopic (exact) mass is 238 g/mol. The Kier molecular flexibility index (Phi) is 4.20. The van der Waals surface area contributed by atoms with Gasteiger partial charge in [0.15, 0.2) is 0 Å². The van der Waals surface area contributed by atoms with Crippen molar-refractivity contribution >= 4 is 0 Å². The van der Waals surface area contributed by atoms with Crippen LogP contribution in [0.5, 0.6) is 0 Å². The number of aliphatic hydroxyl groups excluding tert-OH is 1. The molecule has 0 aliphatic heterocycles. The Bertz CT molecular complexity index is 347. The molecule has 1 aliphatic rings. The highest BCUT2D eigenvalue weighted by molar-refractivity contribution is 5.14. The first-order chi connectivity index (χ1) is 8.15. The molecule has 4 nitrogen and oxygen atoms in total. The smallest absolute Gasteiger partial charge is 0.105 e. The number of hydrogen-bond donors (Lipinski definition) is 2. The van der Waals surface area contributed by atoms with Gasteiger partial charge in [-0.2, -0.15) is 0 Å². The molecule has 1 aromatic rings. The maximum atomic E-state index is 9.87. The molecule has 0 aromatic carbocycles. The van der Waals surface area contributed by atoms with Crippen LogP contribution in [0.25, 0.3) is 0 Å². The Balaban J connectivity index is 1.68. The van der Waals surface area contributed by atoms with E-state index in [0.29, 0.717) is 19.1 Å². The summed E-state index contributed by atoms with van der Waals surface area (Å²) in [6.45, 7) is 4.17. The van der Waals surface area contributed by atoms with Crippen LogP contribution in [0.3, 0.4) is 0 Å². The molecule has 0 amide bonds. The van der Waals surface area contributed by atoms with Gasteiger partial charge in [-0.1, -0.05) is 0 Å². The fraction of sp³-hybridized carbons (Fsp3) is 0.692. The van der Waals surface area contributed by atoms with Crippen LogP contribution in [-0.4, -0.2) is 42.3 Å². The Hall–Kier alpha value is -0.840. The summed E-state index contributed by atoms with van der Waals surface area (Å²) in [7, 11) is 2.02. The molecule has 17 heavy (non-hydrogen) atoms. The van der Waals surface area contributed by atoms with E-state index in [-0.39, 0.29) is 6.10 Å². The van der Waals surface area contributed by atoms with Crippen molar-refractivity contribution in [2.24, 2.45) is 0 Å². The third-order valence-corrected chi connectivity index (χ3v) is 3.15. The van der Waals surface area contributed by atoms with Gasteiger partial charge >= 0.3 is 0 Å². The molecule has 2 rings (SSSR count). The van der Waals surface area contributed by atoms with E-state index in [1.807, 2.05) is 20.0 Å². The lowest BCUT2D eigenvalue weighted by atomic mass is 10.2. The van der Waals surface area contributed by atoms with E-state index >= 15 is 0 Å². The Morgan fingerprint density at radius 2 is 2.35 bits per heavy atom. The minimum absolute atomic E-state index is 0.298. The fourth-order valence-electron chi connectivity index (χ4n) is 1.95. The van der Waals surface area contributed by atoms with E-state index in [2.05, 4.69) is 10.2 Å². The first-order valence-electron chi connectivity index (χ1n) is 6.28. The van der Waals surface area contributed by atoms with E-state index in [9.17, 15) is 5.11 Å². The van der Waals surface area contributed by atoms with E-state index < -0.39 is 0 Å². The van der Waals surface area contributed by atoms with Gasteiger partial charge in [-0.3, -0.25) is 4.90 Å². The van der Waals surface area contributed by atoms with Crippen LogP contribution in [0, 0.1) is 6.92 Å². The average Bonchev–Trinajstić information content (AvgIpc) is 3.02. The lowest BCUT2D eigenvalue weighted by Crippen LogP contribution is -2.37. The molecule has 0 saturated heterocycles. The molecular weight excluding hydrogens is 216 g/mol. The summed E-state index contributed by atoms with van der Waals surface area (Å²) >= 11 is 0. The third-order valence-electron chi connectivity index (χ3n) is 3.15. The van der Waals surface area contributed by atoms with Crippen LogP contribution in [0.15, 0.2) is 16.7 Å². The van der Waals surface area contributed by atoms with Crippen LogP contribution >= 0.6 is 0 Å². The van der Waals surface area contributed by atoms with Crippen LogP contribution in [0.1, 0.15) is 24.2 Å². The molecule has 96 valence electrons. The maximum absolute atomic E-state index is 9.87.